The van der Waals surface area contributed by atoms with E-state index in [9.17, 15) is 15.0 Å². The van der Waals surface area contributed by atoms with E-state index < -0.39 is 12.0 Å². The Kier molecular flexibility index (Phi) is 3.82. The van der Waals surface area contributed by atoms with E-state index in [0.717, 1.165) is 5.76 Å². The second kappa shape index (κ2) is 6.28. The third-order valence-electron chi connectivity index (χ3n) is 5.56. The van der Waals surface area contributed by atoms with Gasteiger partial charge in [0.2, 0.25) is 12.7 Å². The van der Waals surface area contributed by atoms with Crippen LogP contribution in [0.5, 0.6) is 17.2 Å². The lowest BCUT2D eigenvalue weighted by Crippen LogP contribution is -2.43. The molecule has 0 saturated heterocycles. The first kappa shape index (κ1) is 17.6. The molecule has 7 nitrogen and oxygen atoms in total. The second-order valence-corrected chi connectivity index (χ2v) is 7.21. The Bertz CT molecular complexity index is 1120. The van der Waals surface area contributed by atoms with E-state index >= 15 is 0 Å². The predicted octanol–water partition coefficient (Wildman–Crippen LogP) is 2.85. The number of aromatic hydroxyl groups is 1. The lowest BCUT2D eigenvalue weighted by Gasteiger charge is -2.28. The molecule has 1 amide bonds. The third-order valence-corrected chi connectivity index (χ3v) is 5.56. The van der Waals surface area contributed by atoms with Crippen molar-refractivity contribution < 1.29 is 28.9 Å². The highest BCUT2D eigenvalue weighted by atomic mass is 16.7. The van der Waals surface area contributed by atoms with E-state index in [0.29, 0.717) is 28.5 Å². The van der Waals surface area contributed by atoms with E-state index in [1.807, 2.05) is 31.2 Å². The molecule has 0 fully saturated rings. The van der Waals surface area contributed by atoms with Crippen molar-refractivity contribution in [3.8, 4) is 17.2 Å². The monoisotopic (exact) mass is 393 g/mol. The molecule has 2 aliphatic rings. The summed E-state index contributed by atoms with van der Waals surface area (Å²) in [5.74, 6) is 1.74. The highest BCUT2D eigenvalue weighted by Crippen LogP contribution is 2.51. The van der Waals surface area contributed by atoms with E-state index in [-0.39, 0.29) is 30.6 Å². The van der Waals surface area contributed by atoms with Gasteiger partial charge in [-0.3, -0.25) is 4.79 Å². The number of benzene rings is 2. The first-order chi connectivity index (χ1) is 14.0. The van der Waals surface area contributed by atoms with E-state index in [4.69, 9.17) is 13.9 Å². The molecule has 0 saturated carbocycles. The van der Waals surface area contributed by atoms with Crippen LogP contribution in [0.15, 0.2) is 52.9 Å². The highest BCUT2D eigenvalue weighted by molar-refractivity contribution is 6.11. The Balaban J connectivity index is 1.68. The lowest BCUT2D eigenvalue weighted by molar-refractivity contribution is -0.123. The van der Waals surface area contributed by atoms with Crippen LogP contribution in [0.4, 0.5) is 5.69 Å². The molecule has 2 aromatic carbocycles. The van der Waals surface area contributed by atoms with Gasteiger partial charge in [0.25, 0.3) is 0 Å². The van der Waals surface area contributed by atoms with Crippen molar-refractivity contribution in [3.63, 3.8) is 0 Å². The number of anilines is 1. The molecular weight excluding hydrogens is 374 g/mol. The molecule has 0 radical (unpaired) electrons. The summed E-state index contributed by atoms with van der Waals surface area (Å²) in [5.41, 5.74) is 0.103. The number of ether oxygens (including phenoxy) is 2. The maximum atomic E-state index is 13.7. The standard InChI is InChI=1S/C22H19NO6/c1-13-6-7-14(29-13)10-23-17-5-3-2-4-15(17)22(11-24,21(23)26)16-8-19-20(9-18(16)25)28-12-27-19/h2-9,24-25H,10-12H2,1H3/t22-/m0/s1. The Morgan fingerprint density at radius 3 is 2.55 bits per heavy atom. The van der Waals surface area contributed by atoms with Gasteiger partial charge < -0.3 is 29.0 Å². The molecule has 0 unspecified atom stereocenters. The molecule has 2 N–H and O–H groups in total. The SMILES string of the molecule is Cc1ccc(CN2C(=O)[C@](CO)(c3cc4c(cc3O)OCO4)c3ccccc32)o1. The zero-order chi connectivity index (χ0) is 20.2. The Labute approximate surface area is 166 Å². The van der Waals surface area contributed by atoms with E-state index in [2.05, 4.69) is 0 Å². The number of hydrogen-bond donors (Lipinski definition) is 2. The van der Waals surface area contributed by atoms with Gasteiger partial charge in [0.1, 0.15) is 22.7 Å². The number of phenolic OH excluding ortho intramolecular Hbond substituents is 1. The normalized spacial score (nSPS) is 19.7. The number of fused-ring (bicyclic) bond motifs is 2. The van der Waals surface area contributed by atoms with Crippen molar-refractivity contribution in [2.75, 3.05) is 18.3 Å². The van der Waals surface area contributed by atoms with Crippen LogP contribution in [-0.2, 0) is 16.8 Å². The van der Waals surface area contributed by atoms with Crippen molar-refractivity contribution in [1.29, 1.82) is 0 Å². The summed E-state index contributed by atoms with van der Waals surface area (Å²) in [5, 5.41) is 21.2. The van der Waals surface area contributed by atoms with Crippen LogP contribution in [0.3, 0.4) is 0 Å². The van der Waals surface area contributed by atoms with Crippen molar-refractivity contribution in [3.05, 3.63) is 71.2 Å². The van der Waals surface area contributed by atoms with E-state index in [1.54, 1.807) is 23.1 Å². The Morgan fingerprint density at radius 2 is 1.83 bits per heavy atom. The summed E-state index contributed by atoms with van der Waals surface area (Å²) in [6.07, 6.45) is 0. The minimum absolute atomic E-state index is 0.0405. The molecule has 1 atom stereocenters. The van der Waals surface area contributed by atoms with Gasteiger partial charge in [-0.25, -0.2) is 0 Å². The summed E-state index contributed by atoms with van der Waals surface area (Å²) in [7, 11) is 0. The van der Waals surface area contributed by atoms with Gasteiger partial charge in [0, 0.05) is 17.3 Å². The van der Waals surface area contributed by atoms with Gasteiger partial charge in [0.15, 0.2) is 11.5 Å². The minimum Gasteiger partial charge on any atom is -0.507 e. The maximum Gasteiger partial charge on any atom is 0.245 e. The number of amides is 1. The zero-order valence-corrected chi connectivity index (χ0v) is 15.7. The summed E-state index contributed by atoms with van der Waals surface area (Å²) < 4.78 is 16.4. The number of furan rings is 1. The number of aliphatic hydroxyl groups is 1. The fourth-order valence-electron chi connectivity index (χ4n) is 4.18. The van der Waals surface area contributed by atoms with E-state index in [1.165, 1.54) is 6.07 Å². The Hall–Kier alpha value is -3.45. The van der Waals surface area contributed by atoms with Gasteiger partial charge in [-0.2, -0.15) is 0 Å². The van der Waals surface area contributed by atoms with Gasteiger partial charge in [-0.1, -0.05) is 18.2 Å². The molecular formula is C22H19NO6. The van der Waals surface area contributed by atoms with Crippen LogP contribution in [-0.4, -0.2) is 29.5 Å². The number of aryl methyl sites for hydroxylation is 1. The number of rotatable bonds is 4. The van der Waals surface area contributed by atoms with Crippen LogP contribution in [0.25, 0.3) is 0 Å². The molecule has 0 aliphatic carbocycles. The number of para-hydroxylation sites is 1. The fraction of sp³-hybridized carbons (Fsp3) is 0.227. The summed E-state index contributed by atoms with van der Waals surface area (Å²) in [4.78, 5) is 15.3. The number of carbonyl (C=O) groups excluding carboxylic acids is 1. The summed E-state index contributed by atoms with van der Waals surface area (Å²) in [6.45, 7) is 1.59. The molecule has 0 spiro atoms. The smallest absolute Gasteiger partial charge is 0.245 e. The van der Waals surface area contributed by atoms with Crippen LogP contribution in [0.1, 0.15) is 22.6 Å². The number of phenols is 1. The van der Waals surface area contributed by atoms with Gasteiger partial charge in [-0.15, -0.1) is 0 Å². The van der Waals surface area contributed by atoms with Crippen LogP contribution in [0, 0.1) is 6.92 Å². The molecule has 3 aromatic rings. The Morgan fingerprint density at radius 1 is 1.07 bits per heavy atom. The number of carbonyl (C=O) groups is 1. The molecule has 7 heteroatoms. The number of nitrogens with zero attached hydrogens (tertiary/aromatic N) is 1. The second-order valence-electron chi connectivity index (χ2n) is 7.21. The maximum absolute atomic E-state index is 13.7. The topological polar surface area (TPSA) is 92.4 Å². The molecule has 5 rings (SSSR count). The number of aliphatic hydroxyl groups excluding tert-OH is 1. The number of hydrogen-bond acceptors (Lipinski definition) is 6. The first-order valence-corrected chi connectivity index (χ1v) is 9.25. The van der Waals surface area contributed by atoms with Crippen molar-refractivity contribution in [1.82, 2.24) is 0 Å². The fourth-order valence-corrected chi connectivity index (χ4v) is 4.18. The van der Waals surface area contributed by atoms with Crippen LogP contribution >= 0.6 is 0 Å². The molecule has 3 heterocycles. The molecule has 0 bridgehead atoms. The molecule has 1 aromatic heterocycles. The summed E-state index contributed by atoms with van der Waals surface area (Å²) in [6, 6.07) is 13.9. The van der Waals surface area contributed by atoms with Gasteiger partial charge >= 0.3 is 0 Å². The zero-order valence-electron chi connectivity index (χ0n) is 15.7. The largest absolute Gasteiger partial charge is 0.507 e. The summed E-state index contributed by atoms with van der Waals surface area (Å²) >= 11 is 0. The molecule has 2 aliphatic heterocycles. The molecule has 148 valence electrons. The highest BCUT2D eigenvalue weighted by Gasteiger charge is 2.53. The average Bonchev–Trinajstić information content (AvgIpc) is 3.40. The van der Waals surface area contributed by atoms with Crippen LogP contribution < -0.4 is 14.4 Å². The van der Waals surface area contributed by atoms with Crippen molar-refractivity contribution in [2.45, 2.75) is 18.9 Å². The van der Waals surface area contributed by atoms with Gasteiger partial charge in [0.05, 0.1) is 13.2 Å². The quantitative estimate of drug-likeness (QED) is 0.708. The average molecular weight is 393 g/mol. The minimum atomic E-state index is -1.46. The lowest BCUT2D eigenvalue weighted by atomic mass is 9.75. The van der Waals surface area contributed by atoms with Crippen LogP contribution in [0.2, 0.25) is 0 Å². The first-order valence-electron chi connectivity index (χ1n) is 9.25. The third kappa shape index (κ3) is 2.44. The van der Waals surface area contributed by atoms with Crippen molar-refractivity contribution >= 4 is 11.6 Å². The molecule has 29 heavy (non-hydrogen) atoms. The van der Waals surface area contributed by atoms with Gasteiger partial charge in [-0.05, 0) is 36.8 Å². The van der Waals surface area contributed by atoms with Crippen molar-refractivity contribution in [2.24, 2.45) is 0 Å². The predicted molar refractivity (Wildman–Crippen MR) is 103 cm³/mol.